The number of aromatic nitrogens is 1. The molecular formula is C13H14N2O2S. The molecule has 0 fully saturated rings. The van der Waals surface area contributed by atoms with Gasteiger partial charge in [-0.3, -0.25) is 4.79 Å². The minimum absolute atomic E-state index is 0.0606. The van der Waals surface area contributed by atoms with Crippen molar-refractivity contribution in [1.29, 1.82) is 0 Å². The summed E-state index contributed by atoms with van der Waals surface area (Å²) < 4.78 is 5.06. The zero-order chi connectivity index (χ0) is 13.0. The summed E-state index contributed by atoms with van der Waals surface area (Å²) >= 11 is 1.47. The van der Waals surface area contributed by atoms with Gasteiger partial charge in [-0.1, -0.05) is 12.1 Å². The van der Waals surface area contributed by atoms with Crippen molar-refractivity contribution in [2.24, 2.45) is 0 Å². The van der Waals surface area contributed by atoms with Gasteiger partial charge in [-0.25, -0.2) is 4.98 Å². The number of nitrogens with one attached hydrogen (secondary N) is 1. The molecule has 4 nitrogen and oxygen atoms in total. The van der Waals surface area contributed by atoms with E-state index in [-0.39, 0.29) is 5.91 Å². The van der Waals surface area contributed by atoms with Gasteiger partial charge >= 0.3 is 0 Å². The number of thiazole rings is 1. The van der Waals surface area contributed by atoms with Crippen molar-refractivity contribution in [3.05, 3.63) is 40.9 Å². The van der Waals surface area contributed by atoms with E-state index in [1.165, 1.54) is 11.3 Å². The molecule has 0 bridgehead atoms. The van der Waals surface area contributed by atoms with E-state index >= 15 is 0 Å². The third-order valence-corrected chi connectivity index (χ3v) is 3.22. The second-order valence-electron chi connectivity index (χ2n) is 3.85. The Morgan fingerprint density at radius 1 is 1.39 bits per heavy atom. The molecule has 0 spiro atoms. The SMILES string of the molecule is COc1ccc(CC(=O)Nc2ncc(C)s2)cc1. The van der Waals surface area contributed by atoms with Crippen LogP contribution >= 0.6 is 11.3 Å². The first-order valence-electron chi connectivity index (χ1n) is 5.52. The molecule has 1 N–H and O–H groups in total. The minimum atomic E-state index is -0.0606. The van der Waals surface area contributed by atoms with Gasteiger partial charge in [-0.2, -0.15) is 0 Å². The van der Waals surface area contributed by atoms with Gasteiger partial charge in [0.2, 0.25) is 5.91 Å². The zero-order valence-electron chi connectivity index (χ0n) is 10.3. The molecular weight excluding hydrogens is 248 g/mol. The molecule has 1 heterocycles. The van der Waals surface area contributed by atoms with E-state index in [1.54, 1.807) is 13.3 Å². The maximum atomic E-state index is 11.8. The zero-order valence-corrected chi connectivity index (χ0v) is 11.1. The number of hydrogen-bond acceptors (Lipinski definition) is 4. The fraction of sp³-hybridized carbons (Fsp3) is 0.231. The average molecular weight is 262 g/mol. The number of carbonyl (C=O) groups is 1. The number of methoxy groups -OCH3 is 1. The minimum Gasteiger partial charge on any atom is -0.497 e. The standard InChI is InChI=1S/C13H14N2O2S/c1-9-8-14-13(18-9)15-12(16)7-10-3-5-11(17-2)6-4-10/h3-6,8H,7H2,1-2H3,(H,14,15,16). The number of aryl methyl sites for hydroxylation is 1. The highest BCUT2D eigenvalue weighted by Crippen LogP contribution is 2.17. The molecule has 18 heavy (non-hydrogen) atoms. The van der Waals surface area contributed by atoms with Gasteiger partial charge < -0.3 is 10.1 Å². The Bertz CT molecular complexity index is 534. The number of nitrogens with zero attached hydrogens (tertiary/aromatic N) is 1. The second-order valence-corrected chi connectivity index (χ2v) is 5.08. The Morgan fingerprint density at radius 2 is 2.11 bits per heavy atom. The third kappa shape index (κ3) is 3.30. The van der Waals surface area contributed by atoms with E-state index in [1.807, 2.05) is 31.2 Å². The van der Waals surface area contributed by atoms with Gasteiger partial charge in [0, 0.05) is 11.1 Å². The summed E-state index contributed by atoms with van der Waals surface area (Å²) in [6, 6.07) is 7.45. The van der Waals surface area contributed by atoms with Gasteiger partial charge in [0.15, 0.2) is 5.13 Å². The lowest BCUT2D eigenvalue weighted by Crippen LogP contribution is -2.14. The number of rotatable bonds is 4. The third-order valence-electron chi connectivity index (χ3n) is 2.39. The lowest BCUT2D eigenvalue weighted by Gasteiger charge is -2.03. The van der Waals surface area contributed by atoms with Crippen LogP contribution in [0.3, 0.4) is 0 Å². The number of hydrogen-bond donors (Lipinski definition) is 1. The predicted octanol–water partition coefficient (Wildman–Crippen LogP) is 2.64. The number of ether oxygens (including phenoxy) is 1. The molecule has 0 radical (unpaired) electrons. The maximum absolute atomic E-state index is 11.8. The number of benzene rings is 1. The summed E-state index contributed by atoms with van der Waals surface area (Å²) in [4.78, 5) is 16.9. The van der Waals surface area contributed by atoms with E-state index in [0.29, 0.717) is 11.6 Å². The predicted molar refractivity (Wildman–Crippen MR) is 72.2 cm³/mol. The summed E-state index contributed by atoms with van der Waals surface area (Å²) in [6.07, 6.45) is 2.08. The molecule has 0 aliphatic heterocycles. The van der Waals surface area contributed by atoms with Crippen LogP contribution in [0.4, 0.5) is 5.13 Å². The largest absolute Gasteiger partial charge is 0.497 e. The summed E-state index contributed by atoms with van der Waals surface area (Å²) in [5.41, 5.74) is 0.946. The Kier molecular flexibility index (Phi) is 3.94. The highest BCUT2D eigenvalue weighted by atomic mass is 32.1. The van der Waals surface area contributed by atoms with Gasteiger partial charge in [0.25, 0.3) is 0 Å². The summed E-state index contributed by atoms with van der Waals surface area (Å²) in [5, 5.41) is 3.42. The monoisotopic (exact) mass is 262 g/mol. The van der Waals surface area contributed by atoms with Crippen LogP contribution in [0.1, 0.15) is 10.4 Å². The topological polar surface area (TPSA) is 51.2 Å². The first-order chi connectivity index (χ1) is 8.67. The molecule has 0 saturated carbocycles. The Balaban J connectivity index is 1.94. The molecule has 5 heteroatoms. The molecule has 2 aromatic rings. The Morgan fingerprint density at radius 3 is 2.67 bits per heavy atom. The van der Waals surface area contributed by atoms with Crippen LogP contribution in [0.2, 0.25) is 0 Å². The second kappa shape index (κ2) is 5.64. The highest BCUT2D eigenvalue weighted by molar-refractivity contribution is 7.15. The summed E-state index contributed by atoms with van der Waals surface area (Å²) in [6.45, 7) is 1.96. The molecule has 94 valence electrons. The van der Waals surface area contributed by atoms with Gasteiger partial charge in [0.1, 0.15) is 5.75 Å². The van der Waals surface area contributed by atoms with Crippen LogP contribution in [0, 0.1) is 6.92 Å². The normalized spacial score (nSPS) is 10.1. The summed E-state index contributed by atoms with van der Waals surface area (Å²) in [7, 11) is 1.62. The lowest BCUT2D eigenvalue weighted by molar-refractivity contribution is -0.115. The molecule has 1 amide bonds. The van der Waals surface area contributed by atoms with Crippen LogP contribution < -0.4 is 10.1 Å². The van der Waals surface area contributed by atoms with Crippen LogP contribution in [0.25, 0.3) is 0 Å². The van der Waals surface area contributed by atoms with Crippen molar-refractivity contribution in [2.45, 2.75) is 13.3 Å². The molecule has 0 unspecified atom stereocenters. The fourth-order valence-corrected chi connectivity index (χ4v) is 2.19. The van der Waals surface area contributed by atoms with E-state index in [9.17, 15) is 4.79 Å². The number of amides is 1. The van der Waals surface area contributed by atoms with Crippen molar-refractivity contribution in [3.63, 3.8) is 0 Å². The molecule has 1 aromatic heterocycles. The summed E-state index contributed by atoms with van der Waals surface area (Å²) in [5.74, 6) is 0.726. The maximum Gasteiger partial charge on any atom is 0.230 e. The van der Waals surface area contributed by atoms with Crippen molar-refractivity contribution in [1.82, 2.24) is 4.98 Å². The highest BCUT2D eigenvalue weighted by Gasteiger charge is 2.06. The van der Waals surface area contributed by atoms with E-state index < -0.39 is 0 Å². The lowest BCUT2D eigenvalue weighted by atomic mass is 10.1. The molecule has 2 rings (SSSR count). The molecule has 0 aliphatic carbocycles. The Labute approximate surface area is 110 Å². The molecule has 0 aliphatic rings. The quantitative estimate of drug-likeness (QED) is 0.921. The van der Waals surface area contributed by atoms with E-state index in [2.05, 4.69) is 10.3 Å². The van der Waals surface area contributed by atoms with Crippen molar-refractivity contribution in [3.8, 4) is 5.75 Å². The van der Waals surface area contributed by atoms with E-state index in [0.717, 1.165) is 16.2 Å². The van der Waals surface area contributed by atoms with Crippen molar-refractivity contribution in [2.75, 3.05) is 12.4 Å². The van der Waals surface area contributed by atoms with Crippen molar-refractivity contribution >= 4 is 22.4 Å². The van der Waals surface area contributed by atoms with Crippen LogP contribution in [-0.2, 0) is 11.2 Å². The van der Waals surface area contributed by atoms with Gasteiger partial charge in [-0.05, 0) is 24.6 Å². The Hall–Kier alpha value is -1.88. The smallest absolute Gasteiger partial charge is 0.230 e. The van der Waals surface area contributed by atoms with Crippen LogP contribution in [0.15, 0.2) is 30.5 Å². The first kappa shape index (κ1) is 12.6. The first-order valence-corrected chi connectivity index (χ1v) is 6.34. The molecule has 0 atom stereocenters. The molecule has 1 aromatic carbocycles. The van der Waals surface area contributed by atoms with Crippen molar-refractivity contribution < 1.29 is 9.53 Å². The van der Waals surface area contributed by atoms with Crippen LogP contribution in [0.5, 0.6) is 5.75 Å². The average Bonchev–Trinajstić information content (AvgIpc) is 2.75. The number of carbonyl (C=O) groups excluding carboxylic acids is 1. The van der Waals surface area contributed by atoms with E-state index in [4.69, 9.17) is 4.74 Å². The number of anilines is 1. The fourth-order valence-electron chi connectivity index (χ4n) is 1.50. The molecule has 0 saturated heterocycles. The van der Waals surface area contributed by atoms with Crippen LogP contribution in [-0.4, -0.2) is 18.0 Å². The van der Waals surface area contributed by atoms with Gasteiger partial charge in [0.05, 0.1) is 13.5 Å². The van der Waals surface area contributed by atoms with Gasteiger partial charge in [-0.15, -0.1) is 11.3 Å².